The quantitative estimate of drug-likeness (QED) is 0.466. The summed E-state index contributed by atoms with van der Waals surface area (Å²) in [5.74, 6) is -1.17. The van der Waals surface area contributed by atoms with E-state index in [1.807, 2.05) is 18.2 Å². The first-order valence-corrected chi connectivity index (χ1v) is 5.91. The smallest absolute Gasteiger partial charge is 0.407 e. The molecular formula is C13H10N4O4. The zero-order valence-corrected chi connectivity index (χ0v) is 10.8. The van der Waals surface area contributed by atoms with Gasteiger partial charge >= 0.3 is 11.8 Å². The van der Waals surface area contributed by atoms with E-state index in [0.29, 0.717) is 0 Å². The lowest BCUT2D eigenvalue weighted by Crippen LogP contribution is -2.14. The molecule has 0 atom stereocenters. The fraction of sp³-hybridized carbons (Fsp3) is 0.154. The van der Waals surface area contributed by atoms with Crippen LogP contribution in [0.3, 0.4) is 0 Å². The molecule has 0 spiro atoms. The summed E-state index contributed by atoms with van der Waals surface area (Å²) in [6.07, 6.45) is 1.14. The summed E-state index contributed by atoms with van der Waals surface area (Å²) in [7, 11) is 0. The fourth-order valence-electron chi connectivity index (χ4n) is 1.62. The van der Waals surface area contributed by atoms with Crippen molar-refractivity contribution in [2.75, 3.05) is 0 Å². The van der Waals surface area contributed by atoms with Crippen LogP contribution in [0.2, 0.25) is 0 Å². The molecular weight excluding hydrogens is 276 g/mol. The van der Waals surface area contributed by atoms with Crippen LogP contribution in [-0.4, -0.2) is 20.7 Å². The standard InChI is InChI=1S/C13H10N4O4/c14-6-11-7-16(15-13(11)17(19)20)8-12(18)21-9-10-4-2-1-3-5-10/h1-5,7H,8-9H2. The first-order chi connectivity index (χ1) is 10.1. The SMILES string of the molecule is N#Cc1cn(CC(=O)OCc2ccccc2)nc1[N+](=O)[O-]. The number of nitriles is 1. The van der Waals surface area contributed by atoms with Crippen LogP contribution in [-0.2, 0) is 22.7 Å². The maximum atomic E-state index is 11.6. The van der Waals surface area contributed by atoms with E-state index in [-0.39, 0.29) is 18.7 Å². The van der Waals surface area contributed by atoms with Gasteiger partial charge in [-0.2, -0.15) is 9.94 Å². The molecule has 1 aromatic heterocycles. The summed E-state index contributed by atoms with van der Waals surface area (Å²) < 4.78 is 6.04. The Labute approximate surface area is 119 Å². The van der Waals surface area contributed by atoms with E-state index in [4.69, 9.17) is 10.00 Å². The normalized spacial score (nSPS) is 9.86. The van der Waals surface area contributed by atoms with Gasteiger partial charge in [-0.1, -0.05) is 30.3 Å². The van der Waals surface area contributed by atoms with Gasteiger partial charge in [-0.3, -0.25) is 0 Å². The molecule has 8 heteroatoms. The highest BCUT2D eigenvalue weighted by molar-refractivity contribution is 5.69. The molecule has 0 radical (unpaired) electrons. The van der Waals surface area contributed by atoms with Gasteiger partial charge in [-0.15, -0.1) is 0 Å². The van der Waals surface area contributed by atoms with Gasteiger partial charge in [0, 0.05) is 0 Å². The Balaban J connectivity index is 1.97. The van der Waals surface area contributed by atoms with Crippen molar-refractivity contribution < 1.29 is 14.5 Å². The van der Waals surface area contributed by atoms with Gasteiger partial charge in [0.25, 0.3) is 0 Å². The lowest BCUT2D eigenvalue weighted by atomic mass is 10.2. The van der Waals surface area contributed by atoms with Crippen molar-refractivity contribution >= 4 is 11.8 Å². The van der Waals surface area contributed by atoms with Gasteiger partial charge in [0.05, 0.1) is 11.3 Å². The fourth-order valence-corrected chi connectivity index (χ4v) is 1.62. The highest BCUT2D eigenvalue weighted by Gasteiger charge is 2.22. The second kappa shape index (κ2) is 6.29. The van der Waals surface area contributed by atoms with Crippen molar-refractivity contribution in [1.29, 1.82) is 5.26 Å². The van der Waals surface area contributed by atoms with Crippen LogP contribution in [0, 0.1) is 21.4 Å². The number of aromatic nitrogens is 2. The minimum absolute atomic E-state index is 0.105. The minimum Gasteiger partial charge on any atom is -0.459 e. The van der Waals surface area contributed by atoms with Crippen LogP contribution < -0.4 is 0 Å². The number of ether oxygens (including phenoxy) is 1. The number of carbonyl (C=O) groups excluding carboxylic acids is 1. The Bertz CT molecular complexity index is 703. The molecule has 0 saturated carbocycles. The summed E-state index contributed by atoms with van der Waals surface area (Å²) >= 11 is 0. The molecule has 2 rings (SSSR count). The Kier molecular flexibility index (Phi) is 4.26. The van der Waals surface area contributed by atoms with Gasteiger partial charge in [0.15, 0.2) is 12.1 Å². The predicted molar refractivity (Wildman–Crippen MR) is 69.8 cm³/mol. The maximum Gasteiger partial charge on any atom is 0.407 e. The number of hydrogen-bond acceptors (Lipinski definition) is 6. The van der Waals surface area contributed by atoms with E-state index in [9.17, 15) is 14.9 Å². The molecule has 0 fully saturated rings. The first kappa shape index (κ1) is 14.2. The monoisotopic (exact) mass is 286 g/mol. The molecule has 0 N–H and O–H groups in total. The van der Waals surface area contributed by atoms with E-state index in [1.165, 1.54) is 0 Å². The summed E-state index contributed by atoms with van der Waals surface area (Å²) in [6, 6.07) is 10.7. The maximum absolute atomic E-state index is 11.6. The first-order valence-electron chi connectivity index (χ1n) is 5.91. The molecule has 1 heterocycles. The summed E-state index contributed by atoms with van der Waals surface area (Å²) in [4.78, 5) is 21.5. The Hall–Kier alpha value is -3.21. The highest BCUT2D eigenvalue weighted by Crippen LogP contribution is 2.14. The largest absolute Gasteiger partial charge is 0.459 e. The van der Waals surface area contributed by atoms with Crippen molar-refractivity contribution in [3.63, 3.8) is 0 Å². The van der Waals surface area contributed by atoms with E-state index < -0.39 is 16.7 Å². The van der Waals surface area contributed by atoms with Crippen LogP contribution >= 0.6 is 0 Å². The molecule has 8 nitrogen and oxygen atoms in total. The molecule has 0 saturated heterocycles. The predicted octanol–water partition coefficient (Wildman–Crippen LogP) is 1.41. The third-order valence-electron chi connectivity index (χ3n) is 2.57. The van der Waals surface area contributed by atoms with Crippen molar-refractivity contribution in [2.45, 2.75) is 13.2 Å². The molecule has 106 valence electrons. The molecule has 2 aromatic rings. The molecule has 0 amide bonds. The second-order valence-corrected chi connectivity index (χ2v) is 4.08. The molecule has 1 aromatic carbocycles. The number of nitro groups is 1. The number of hydrogen-bond donors (Lipinski definition) is 0. The zero-order valence-electron chi connectivity index (χ0n) is 10.8. The zero-order chi connectivity index (χ0) is 15.2. The Morgan fingerprint density at radius 3 is 2.71 bits per heavy atom. The molecule has 0 bridgehead atoms. The van der Waals surface area contributed by atoms with E-state index >= 15 is 0 Å². The summed E-state index contributed by atoms with van der Waals surface area (Å²) in [6.45, 7) is -0.191. The number of carbonyl (C=O) groups is 1. The Morgan fingerprint density at radius 1 is 1.43 bits per heavy atom. The van der Waals surface area contributed by atoms with E-state index in [1.54, 1.807) is 18.2 Å². The number of benzene rings is 1. The van der Waals surface area contributed by atoms with Crippen LogP contribution in [0.1, 0.15) is 11.1 Å². The Morgan fingerprint density at radius 2 is 2.14 bits per heavy atom. The third-order valence-corrected chi connectivity index (χ3v) is 2.57. The summed E-state index contributed by atoms with van der Waals surface area (Å²) in [5, 5.41) is 23.0. The lowest BCUT2D eigenvalue weighted by molar-refractivity contribution is -0.390. The van der Waals surface area contributed by atoms with E-state index in [2.05, 4.69) is 5.10 Å². The second-order valence-electron chi connectivity index (χ2n) is 4.08. The average Bonchev–Trinajstić information content (AvgIpc) is 2.89. The van der Waals surface area contributed by atoms with Gasteiger partial charge < -0.3 is 14.9 Å². The van der Waals surface area contributed by atoms with Crippen molar-refractivity contribution in [2.24, 2.45) is 0 Å². The topological polar surface area (TPSA) is 111 Å². The van der Waals surface area contributed by atoms with Crippen molar-refractivity contribution in [1.82, 2.24) is 9.78 Å². The van der Waals surface area contributed by atoms with Gasteiger partial charge in [0.2, 0.25) is 0 Å². The molecule has 0 aliphatic carbocycles. The van der Waals surface area contributed by atoms with Gasteiger partial charge in [-0.25, -0.2) is 4.79 Å². The minimum atomic E-state index is -0.773. The van der Waals surface area contributed by atoms with Crippen LogP contribution in [0.15, 0.2) is 36.5 Å². The molecule has 0 aliphatic rings. The molecule has 21 heavy (non-hydrogen) atoms. The van der Waals surface area contributed by atoms with Gasteiger partial charge in [-0.05, 0) is 10.5 Å². The van der Waals surface area contributed by atoms with Crippen molar-refractivity contribution in [3.05, 3.63) is 57.8 Å². The van der Waals surface area contributed by atoms with E-state index in [0.717, 1.165) is 16.4 Å². The lowest BCUT2D eigenvalue weighted by Gasteiger charge is -2.03. The van der Waals surface area contributed by atoms with Crippen LogP contribution in [0.25, 0.3) is 0 Å². The van der Waals surface area contributed by atoms with Crippen LogP contribution in [0.5, 0.6) is 0 Å². The molecule has 0 unspecified atom stereocenters. The van der Waals surface area contributed by atoms with Crippen molar-refractivity contribution in [3.8, 4) is 6.07 Å². The number of nitrogens with zero attached hydrogens (tertiary/aromatic N) is 4. The number of esters is 1. The number of rotatable bonds is 5. The summed E-state index contributed by atoms with van der Waals surface area (Å²) in [5.41, 5.74) is 0.630. The highest BCUT2D eigenvalue weighted by atomic mass is 16.6. The third kappa shape index (κ3) is 3.63. The average molecular weight is 286 g/mol. The molecule has 0 aliphatic heterocycles. The van der Waals surface area contributed by atoms with Crippen LogP contribution in [0.4, 0.5) is 5.82 Å². The van der Waals surface area contributed by atoms with Gasteiger partial charge in [0.1, 0.15) is 12.7 Å².